The van der Waals surface area contributed by atoms with Crippen molar-refractivity contribution in [3.8, 4) is 5.75 Å². The summed E-state index contributed by atoms with van der Waals surface area (Å²) in [4.78, 5) is 40.2. The second kappa shape index (κ2) is 7.89. The van der Waals surface area contributed by atoms with Crippen molar-refractivity contribution in [2.45, 2.75) is 31.8 Å². The van der Waals surface area contributed by atoms with Crippen LogP contribution in [-0.4, -0.2) is 41.5 Å². The molecule has 158 valence electrons. The summed E-state index contributed by atoms with van der Waals surface area (Å²) >= 11 is 0. The van der Waals surface area contributed by atoms with E-state index in [1.807, 2.05) is 0 Å². The van der Waals surface area contributed by atoms with E-state index in [1.54, 1.807) is 9.47 Å². The second-order valence-electron chi connectivity index (χ2n) is 7.48. The molecule has 1 saturated heterocycles. The maximum Gasteiger partial charge on any atom is 0.274 e. The number of nitrogens with zero attached hydrogens (tertiary/aromatic N) is 2. The van der Waals surface area contributed by atoms with Crippen LogP contribution in [-0.2, 0) is 6.54 Å². The number of hydrogen-bond acceptors (Lipinski definition) is 4. The molecule has 1 atom stereocenters. The Morgan fingerprint density at radius 3 is 2.80 bits per heavy atom. The fourth-order valence-corrected chi connectivity index (χ4v) is 4.07. The van der Waals surface area contributed by atoms with Gasteiger partial charge >= 0.3 is 0 Å². The molecule has 0 aliphatic carbocycles. The number of hydrogen-bond donors (Lipinski definition) is 1. The molecule has 3 heterocycles. The average molecular weight is 417 g/mol. The number of carbonyl (C=O) groups excluding carboxylic acids is 2. The van der Waals surface area contributed by atoms with Gasteiger partial charge in [-0.2, -0.15) is 0 Å². The van der Waals surface area contributed by atoms with Gasteiger partial charge in [0.25, 0.3) is 11.8 Å². The largest absolute Gasteiger partial charge is 0.491 e. The number of amides is 2. The topological polar surface area (TPSA) is 80.6 Å². The van der Waals surface area contributed by atoms with Crippen LogP contribution in [0.3, 0.4) is 0 Å². The highest BCUT2D eigenvalue weighted by atomic mass is 19.1. The Kier molecular flexibility index (Phi) is 5.27. The zero-order valence-electron chi connectivity index (χ0n) is 16.4. The van der Waals surface area contributed by atoms with Gasteiger partial charge in [0.05, 0.1) is 13.2 Å². The third-order valence-electron chi connectivity index (χ3n) is 5.63. The first-order valence-corrected chi connectivity index (χ1v) is 9.75. The smallest absolute Gasteiger partial charge is 0.274 e. The molecule has 2 bridgehead atoms. The van der Waals surface area contributed by atoms with Crippen molar-refractivity contribution in [3.63, 3.8) is 0 Å². The molecular weight excluding hydrogens is 396 g/mol. The SMILES string of the molecule is COc1c2n(cc(C(=O)NCc3ccc(F)cc3F)c1=O)[C@@H]1CCCCN(C1)C2=O. The van der Waals surface area contributed by atoms with Crippen molar-refractivity contribution >= 4 is 11.8 Å². The molecule has 9 heteroatoms. The minimum atomic E-state index is -0.792. The van der Waals surface area contributed by atoms with Gasteiger partial charge in [-0.15, -0.1) is 0 Å². The molecule has 0 radical (unpaired) electrons. The van der Waals surface area contributed by atoms with E-state index in [0.29, 0.717) is 13.1 Å². The maximum atomic E-state index is 13.8. The quantitative estimate of drug-likeness (QED) is 0.828. The zero-order valence-corrected chi connectivity index (χ0v) is 16.4. The maximum absolute atomic E-state index is 13.8. The van der Waals surface area contributed by atoms with Crippen LogP contribution in [0.4, 0.5) is 8.78 Å². The van der Waals surface area contributed by atoms with Gasteiger partial charge in [0.1, 0.15) is 17.2 Å². The summed E-state index contributed by atoms with van der Waals surface area (Å²) in [5.41, 5.74) is -0.649. The molecule has 2 aliphatic heterocycles. The Labute approximate surface area is 171 Å². The van der Waals surface area contributed by atoms with E-state index in [0.717, 1.165) is 31.4 Å². The van der Waals surface area contributed by atoms with E-state index in [4.69, 9.17) is 4.74 Å². The van der Waals surface area contributed by atoms with Crippen LogP contribution in [0.1, 0.15) is 51.7 Å². The van der Waals surface area contributed by atoms with Crippen LogP contribution in [0, 0.1) is 11.6 Å². The van der Waals surface area contributed by atoms with E-state index in [1.165, 1.54) is 19.4 Å². The number of pyridine rings is 1. The fourth-order valence-electron chi connectivity index (χ4n) is 4.07. The van der Waals surface area contributed by atoms with Gasteiger partial charge in [0.15, 0.2) is 11.4 Å². The van der Waals surface area contributed by atoms with Crippen molar-refractivity contribution in [1.82, 2.24) is 14.8 Å². The molecule has 0 saturated carbocycles. The van der Waals surface area contributed by atoms with Gasteiger partial charge in [-0.1, -0.05) is 6.07 Å². The van der Waals surface area contributed by atoms with Gasteiger partial charge in [-0.25, -0.2) is 8.78 Å². The number of carbonyl (C=O) groups is 2. The van der Waals surface area contributed by atoms with Gasteiger partial charge in [-0.05, 0) is 25.3 Å². The minimum absolute atomic E-state index is 0.0595. The number of halogens is 2. The Morgan fingerprint density at radius 2 is 2.07 bits per heavy atom. The van der Waals surface area contributed by atoms with E-state index in [-0.39, 0.29) is 41.1 Å². The molecule has 1 aromatic heterocycles. The van der Waals surface area contributed by atoms with Crippen LogP contribution in [0.25, 0.3) is 0 Å². The first-order chi connectivity index (χ1) is 14.4. The molecule has 0 unspecified atom stereocenters. The van der Waals surface area contributed by atoms with Crippen molar-refractivity contribution in [2.24, 2.45) is 0 Å². The third kappa shape index (κ3) is 3.44. The molecule has 4 rings (SSSR count). The second-order valence-corrected chi connectivity index (χ2v) is 7.48. The molecule has 2 aromatic rings. The normalized spacial score (nSPS) is 17.9. The summed E-state index contributed by atoms with van der Waals surface area (Å²) < 4.78 is 33.8. The summed E-state index contributed by atoms with van der Waals surface area (Å²) in [6.45, 7) is 0.919. The lowest BCUT2D eigenvalue weighted by molar-refractivity contribution is 0.0676. The van der Waals surface area contributed by atoms with Crippen molar-refractivity contribution in [1.29, 1.82) is 0 Å². The number of benzene rings is 1. The van der Waals surface area contributed by atoms with Gasteiger partial charge in [0, 0.05) is 37.5 Å². The monoisotopic (exact) mass is 417 g/mol. The van der Waals surface area contributed by atoms with Gasteiger partial charge in [-0.3, -0.25) is 14.4 Å². The van der Waals surface area contributed by atoms with Crippen molar-refractivity contribution in [3.05, 3.63) is 63.1 Å². The first-order valence-electron chi connectivity index (χ1n) is 9.75. The lowest BCUT2D eigenvalue weighted by atomic mass is 10.1. The van der Waals surface area contributed by atoms with Crippen molar-refractivity contribution < 1.29 is 23.1 Å². The predicted octanol–water partition coefficient (Wildman–Crippen LogP) is 2.25. The van der Waals surface area contributed by atoms with E-state index < -0.39 is 23.0 Å². The lowest BCUT2D eigenvalue weighted by Crippen LogP contribution is -2.44. The van der Waals surface area contributed by atoms with Crippen LogP contribution in [0.2, 0.25) is 0 Å². The molecule has 1 N–H and O–H groups in total. The number of aromatic nitrogens is 1. The molecule has 1 aromatic carbocycles. The average Bonchev–Trinajstić information content (AvgIpc) is 2.95. The highest BCUT2D eigenvalue weighted by Crippen LogP contribution is 2.32. The summed E-state index contributed by atoms with van der Waals surface area (Å²) in [7, 11) is 1.29. The Bertz CT molecular complexity index is 1080. The number of nitrogens with one attached hydrogen (secondary N) is 1. The molecule has 0 spiro atoms. The molecular formula is C21H21F2N3O4. The van der Waals surface area contributed by atoms with E-state index in [2.05, 4.69) is 5.32 Å². The number of ether oxygens (including phenoxy) is 1. The summed E-state index contributed by atoms with van der Waals surface area (Å²) in [6, 6.07) is 2.98. The summed E-state index contributed by atoms with van der Waals surface area (Å²) in [6.07, 6.45) is 4.00. The Hall–Kier alpha value is -3.23. The predicted molar refractivity (Wildman–Crippen MR) is 104 cm³/mol. The summed E-state index contributed by atoms with van der Waals surface area (Å²) in [5.74, 6) is -2.69. The Morgan fingerprint density at radius 1 is 1.27 bits per heavy atom. The van der Waals surface area contributed by atoms with Crippen LogP contribution in [0.5, 0.6) is 5.75 Å². The first kappa shape index (κ1) is 20.1. The van der Waals surface area contributed by atoms with Crippen molar-refractivity contribution in [2.75, 3.05) is 20.2 Å². The lowest BCUT2D eigenvalue weighted by Gasteiger charge is -2.34. The van der Waals surface area contributed by atoms with Crippen LogP contribution >= 0.6 is 0 Å². The molecule has 7 nitrogen and oxygen atoms in total. The fraction of sp³-hybridized carbons (Fsp3) is 0.381. The van der Waals surface area contributed by atoms with E-state index >= 15 is 0 Å². The minimum Gasteiger partial charge on any atom is -0.491 e. The van der Waals surface area contributed by atoms with Gasteiger partial charge in [0.2, 0.25) is 5.43 Å². The Balaban J connectivity index is 1.69. The highest BCUT2D eigenvalue weighted by Gasteiger charge is 2.36. The van der Waals surface area contributed by atoms with Crippen LogP contribution < -0.4 is 15.5 Å². The van der Waals surface area contributed by atoms with Crippen LogP contribution in [0.15, 0.2) is 29.2 Å². The molecule has 30 heavy (non-hydrogen) atoms. The zero-order chi connectivity index (χ0) is 21.4. The van der Waals surface area contributed by atoms with E-state index in [9.17, 15) is 23.2 Å². The number of rotatable bonds is 4. The summed E-state index contributed by atoms with van der Waals surface area (Å²) in [5, 5.41) is 2.49. The third-order valence-corrected chi connectivity index (χ3v) is 5.63. The highest BCUT2D eigenvalue weighted by molar-refractivity contribution is 5.99. The standard InChI is InChI=1S/C21H21F2N3O4/c1-30-19-17-21(29)25-7-3-2-4-14(10-25)26(17)11-15(18(19)27)20(28)24-9-12-5-6-13(22)8-16(12)23/h5-6,8,11,14H,2-4,7,9-10H2,1H3,(H,24,28)/t14-/m1/s1. The molecule has 2 aliphatic rings. The number of methoxy groups -OCH3 is 1. The molecule has 1 fully saturated rings. The number of fused-ring (bicyclic) bond motifs is 4. The van der Waals surface area contributed by atoms with Gasteiger partial charge < -0.3 is 19.5 Å². The molecule has 2 amide bonds.